The number of hydrogen-bond acceptors (Lipinski definition) is 7. The standard InChI is InChI=1S/C26H32N4O3S2/c1-8-14-30-22(17-10-12-18(13-11-17)26(4,5)6)28-29-25(30)34-15-20(31)27-23-21(24(32)33-7)19(9-2)16(3)35-23/h8,10-13H,1,9,14-15H2,2-7H3,(H,27,31). The molecule has 0 aliphatic rings. The van der Waals surface area contributed by atoms with Crippen LogP contribution in [0.25, 0.3) is 11.4 Å². The van der Waals surface area contributed by atoms with Crippen molar-refractivity contribution in [3.05, 3.63) is 58.5 Å². The lowest BCUT2D eigenvalue weighted by atomic mass is 9.87. The van der Waals surface area contributed by atoms with Gasteiger partial charge in [0.05, 0.1) is 18.4 Å². The number of carbonyl (C=O) groups excluding carboxylic acids is 2. The van der Waals surface area contributed by atoms with Crippen LogP contribution in [0.3, 0.4) is 0 Å². The lowest BCUT2D eigenvalue weighted by molar-refractivity contribution is -0.113. The number of thiophene rings is 1. The van der Waals surface area contributed by atoms with Crippen molar-refractivity contribution in [2.75, 3.05) is 18.2 Å². The van der Waals surface area contributed by atoms with Gasteiger partial charge in [-0.1, -0.05) is 69.8 Å². The average molecular weight is 513 g/mol. The minimum absolute atomic E-state index is 0.0639. The van der Waals surface area contributed by atoms with Crippen LogP contribution >= 0.6 is 23.1 Å². The Bertz CT molecular complexity index is 1220. The van der Waals surface area contributed by atoms with Gasteiger partial charge in [-0.3, -0.25) is 9.36 Å². The van der Waals surface area contributed by atoms with Gasteiger partial charge in [0.1, 0.15) is 5.00 Å². The Kier molecular flexibility index (Phi) is 8.56. The van der Waals surface area contributed by atoms with Gasteiger partial charge in [0, 0.05) is 17.0 Å². The molecule has 2 heterocycles. The van der Waals surface area contributed by atoms with Crippen molar-refractivity contribution >= 4 is 40.0 Å². The van der Waals surface area contributed by atoms with Crippen LogP contribution < -0.4 is 5.32 Å². The van der Waals surface area contributed by atoms with E-state index >= 15 is 0 Å². The molecule has 0 aliphatic heterocycles. The van der Waals surface area contributed by atoms with Gasteiger partial charge in [-0.2, -0.15) is 0 Å². The molecule has 0 bridgehead atoms. The lowest BCUT2D eigenvalue weighted by Crippen LogP contribution is -2.16. The van der Waals surface area contributed by atoms with Crippen molar-refractivity contribution in [1.29, 1.82) is 0 Å². The maximum atomic E-state index is 12.8. The predicted octanol–water partition coefficient (Wildman–Crippen LogP) is 5.88. The Labute approximate surface area is 215 Å². The second-order valence-electron chi connectivity index (χ2n) is 9.06. The highest BCUT2D eigenvalue weighted by atomic mass is 32.2. The van der Waals surface area contributed by atoms with Gasteiger partial charge in [0.15, 0.2) is 11.0 Å². The summed E-state index contributed by atoms with van der Waals surface area (Å²) in [6.07, 6.45) is 2.46. The van der Waals surface area contributed by atoms with Crippen LogP contribution in [0.4, 0.5) is 5.00 Å². The van der Waals surface area contributed by atoms with Gasteiger partial charge in [0.2, 0.25) is 5.91 Å². The van der Waals surface area contributed by atoms with E-state index in [9.17, 15) is 9.59 Å². The Morgan fingerprint density at radius 2 is 1.91 bits per heavy atom. The summed E-state index contributed by atoms with van der Waals surface area (Å²) >= 11 is 2.68. The number of esters is 1. The molecule has 0 saturated carbocycles. The Hall–Kier alpha value is -2.91. The molecule has 0 aliphatic carbocycles. The molecular formula is C26H32N4O3S2. The van der Waals surface area contributed by atoms with E-state index in [0.29, 0.717) is 28.7 Å². The van der Waals surface area contributed by atoms with E-state index in [1.807, 2.05) is 30.5 Å². The zero-order valence-corrected chi connectivity index (χ0v) is 22.7. The molecule has 3 rings (SSSR count). The van der Waals surface area contributed by atoms with Crippen molar-refractivity contribution in [2.24, 2.45) is 0 Å². The molecule has 0 fully saturated rings. The number of anilines is 1. The number of aryl methyl sites for hydroxylation is 1. The quantitative estimate of drug-likeness (QED) is 0.219. The molecule has 7 nitrogen and oxygen atoms in total. The number of ether oxygens (including phenoxy) is 1. The molecule has 3 aromatic rings. The minimum Gasteiger partial charge on any atom is -0.465 e. The number of rotatable bonds is 9. The molecule has 0 unspecified atom stereocenters. The van der Waals surface area contributed by atoms with E-state index < -0.39 is 5.97 Å². The molecule has 0 spiro atoms. The summed E-state index contributed by atoms with van der Waals surface area (Å²) in [5, 5.41) is 12.7. The van der Waals surface area contributed by atoms with E-state index in [0.717, 1.165) is 21.8 Å². The van der Waals surface area contributed by atoms with Crippen LogP contribution in [0.2, 0.25) is 0 Å². The lowest BCUT2D eigenvalue weighted by Gasteiger charge is -2.19. The zero-order valence-electron chi connectivity index (χ0n) is 21.1. The molecule has 2 aromatic heterocycles. The van der Waals surface area contributed by atoms with Crippen molar-refractivity contribution in [3.8, 4) is 11.4 Å². The van der Waals surface area contributed by atoms with Crippen molar-refractivity contribution in [2.45, 2.75) is 58.2 Å². The third-order valence-electron chi connectivity index (χ3n) is 5.57. The van der Waals surface area contributed by atoms with Gasteiger partial charge >= 0.3 is 5.97 Å². The second-order valence-corrected chi connectivity index (χ2v) is 11.2. The first kappa shape index (κ1) is 26.7. The molecule has 0 saturated heterocycles. The molecule has 1 aromatic carbocycles. The topological polar surface area (TPSA) is 86.1 Å². The molecule has 9 heteroatoms. The molecule has 0 radical (unpaired) electrons. The van der Waals surface area contributed by atoms with Crippen LogP contribution in [-0.2, 0) is 27.9 Å². The van der Waals surface area contributed by atoms with Crippen LogP contribution in [0, 0.1) is 6.92 Å². The number of carbonyl (C=O) groups is 2. The number of allylic oxidation sites excluding steroid dienone is 1. The summed E-state index contributed by atoms with van der Waals surface area (Å²) in [6, 6.07) is 8.30. The van der Waals surface area contributed by atoms with Gasteiger partial charge in [-0.15, -0.1) is 28.1 Å². The number of benzene rings is 1. The highest BCUT2D eigenvalue weighted by molar-refractivity contribution is 7.99. The highest BCUT2D eigenvalue weighted by Gasteiger charge is 2.23. The number of hydrogen-bond donors (Lipinski definition) is 1. The first-order chi connectivity index (χ1) is 16.6. The number of aromatic nitrogens is 3. The van der Waals surface area contributed by atoms with Gasteiger partial charge < -0.3 is 10.1 Å². The fourth-order valence-corrected chi connectivity index (χ4v) is 5.62. The van der Waals surface area contributed by atoms with Crippen LogP contribution in [0.5, 0.6) is 0 Å². The first-order valence-electron chi connectivity index (χ1n) is 11.4. The second kappa shape index (κ2) is 11.2. The molecule has 35 heavy (non-hydrogen) atoms. The molecular weight excluding hydrogens is 480 g/mol. The smallest absolute Gasteiger partial charge is 0.341 e. The van der Waals surface area contributed by atoms with Crippen LogP contribution in [0.1, 0.15) is 54.1 Å². The first-order valence-corrected chi connectivity index (χ1v) is 13.2. The third-order valence-corrected chi connectivity index (χ3v) is 7.60. The maximum Gasteiger partial charge on any atom is 0.341 e. The minimum atomic E-state index is -0.443. The van der Waals surface area contributed by atoms with E-state index in [4.69, 9.17) is 4.74 Å². The summed E-state index contributed by atoms with van der Waals surface area (Å²) in [5.41, 5.74) is 3.59. The van der Waals surface area contributed by atoms with Gasteiger partial charge in [-0.05, 0) is 29.9 Å². The van der Waals surface area contributed by atoms with E-state index in [-0.39, 0.29) is 17.1 Å². The predicted molar refractivity (Wildman–Crippen MR) is 143 cm³/mol. The Morgan fingerprint density at radius 3 is 2.49 bits per heavy atom. The van der Waals surface area contributed by atoms with Crippen molar-refractivity contribution in [3.63, 3.8) is 0 Å². The summed E-state index contributed by atoms with van der Waals surface area (Å²) in [7, 11) is 1.34. The number of amides is 1. The van der Waals surface area contributed by atoms with Crippen molar-refractivity contribution < 1.29 is 14.3 Å². The maximum absolute atomic E-state index is 12.8. The fourth-order valence-electron chi connectivity index (χ4n) is 3.73. The summed E-state index contributed by atoms with van der Waals surface area (Å²) < 4.78 is 6.88. The SMILES string of the molecule is C=CCn1c(SCC(=O)Nc2sc(C)c(CC)c2C(=O)OC)nnc1-c1ccc(C(C)(C)C)cc1. The van der Waals surface area contributed by atoms with Crippen molar-refractivity contribution in [1.82, 2.24) is 14.8 Å². The monoisotopic (exact) mass is 512 g/mol. The molecule has 186 valence electrons. The molecule has 0 atom stereocenters. The number of methoxy groups -OCH3 is 1. The molecule has 1 amide bonds. The van der Waals surface area contributed by atoms with Gasteiger partial charge in [-0.25, -0.2) is 4.79 Å². The normalized spacial score (nSPS) is 11.4. The Balaban J connectivity index is 1.77. The highest BCUT2D eigenvalue weighted by Crippen LogP contribution is 2.34. The number of thioether (sulfide) groups is 1. The van der Waals surface area contributed by atoms with E-state index in [1.54, 1.807) is 6.08 Å². The summed E-state index contributed by atoms with van der Waals surface area (Å²) in [6.45, 7) is 14.8. The van der Waals surface area contributed by atoms with E-state index in [2.05, 4.69) is 55.0 Å². The third kappa shape index (κ3) is 6.02. The van der Waals surface area contributed by atoms with E-state index in [1.165, 1.54) is 35.8 Å². The summed E-state index contributed by atoms with van der Waals surface area (Å²) in [5.74, 6) is 0.176. The number of nitrogens with one attached hydrogen (secondary N) is 1. The fraction of sp³-hybridized carbons (Fsp3) is 0.385. The zero-order chi connectivity index (χ0) is 25.8. The van der Waals surface area contributed by atoms with Crippen LogP contribution in [-0.4, -0.2) is 39.5 Å². The largest absolute Gasteiger partial charge is 0.465 e. The average Bonchev–Trinajstić information content (AvgIpc) is 3.36. The summed E-state index contributed by atoms with van der Waals surface area (Å²) in [4.78, 5) is 26.1. The molecule has 1 N–H and O–H groups in total. The number of nitrogens with zero attached hydrogens (tertiary/aromatic N) is 3. The van der Waals surface area contributed by atoms with Gasteiger partial charge in [0.25, 0.3) is 0 Å². The Morgan fingerprint density at radius 1 is 1.23 bits per heavy atom. The van der Waals surface area contributed by atoms with Crippen LogP contribution in [0.15, 0.2) is 42.1 Å².